The van der Waals surface area contributed by atoms with E-state index in [-0.39, 0.29) is 5.41 Å². The molecule has 2 rings (SSSR count). The molecule has 0 aliphatic carbocycles. The summed E-state index contributed by atoms with van der Waals surface area (Å²) in [5.41, 5.74) is 3.75. The molecular formula is C15H19N. The molecule has 84 valence electrons. The molecule has 1 heterocycles. The van der Waals surface area contributed by atoms with Crippen molar-refractivity contribution >= 4 is 10.9 Å². The minimum absolute atomic E-state index is 0.123. The Morgan fingerprint density at radius 3 is 2.44 bits per heavy atom. The summed E-state index contributed by atoms with van der Waals surface area (Å²) in [6, 6.07) is 10.9. The predicted molar refractivity (Wildman–Crippen MR) is 69.8 cm³/mol. The highest BCUT2D eigenvalue weighted by Crippen LogP contribution is 2.23. The van der Waals surface area contributed by atoms with E-state index < -0.39 is 0 Å². The van der Waals surface area contributed by atoms with Crippen molar-refractivity contribution in [3.63, 3.8) is 0 Å². The molecule has 0 radical (unpaired) electrons. The number of nitrogens with zero attached hydrogens (tertiary/aromatic N) is 1. The lowest BCUT2D eigenvalue weighted by Gasteiger charge is -2.18. The number of hydrogen-bond donors (Lipinski definition) is 0. The largest absolute Gasteiger partial charge is 0.252 e. The highest BCUT2D eigenvalue weighted by atomic mass is 14.7. The van der Waals surface area contributed by atoms with Gasteiger partial charge in [-0.3, -0.25) is 4.98 Å². The maximum atomic E-state index is 4.72. The molecule has 16 heavy (non-hydrogen) atoms. The van der Waals surface area contributed by atoms with Gasteiger partial charge in [0.15, 0.2) is 0 Å². The lowest BCUT2D eigenvalue weighted by Crippen LogP contribution is -2.13. The SMILES string of the molecule is CCc1ccc2nc(C(C)(C)C)ccc2c1. The maximum absolute atomic E-state index is 4.72. The average Bonchev–Trinajstić information content (AvgIpc) is 2.26. The van der Waals surface area contributed by atoms with Gasteiger partial charge in [0, 0.05) is 16.5 Å². The maximum Gasteiger partial charge on any atom is 0.0705 e. The standard InChI is InChI=1S/C15H19N/c1-5-11-6-8-13-12(10-11)7-9-14(16-13)15(2,3)4/h6-10H,5H2,1-4H3. The molecule has 1 nitrogen and oxygen atoms in total. The van der Waals surface area contributed by atoms with Gasteiger partial charge >= 0.3 is 0 Å². The van der Waals surface area contributed by atoms with Crippen molar-refractivity contribution in [2.24, 2.45) is 0 Å². The van der Waals surface area contributed by atoms with Crippen LogP contribution < -0.4 is 0 Å². The van der Waals surface area contributed by atoms with Crippen molar-refractivity contribution in [3.8, 4) is 0 Å². The van der Waals surface area contributed by atoms with Crippen LogP contribution in [-0.2, 0) is 11.8 Å². The number of hydrogen-bond acceptors (Lipinski definition) is 1. The zero-order chi connectivity index (χ0) is 11.8. The monoisotopic (exact) mass is 213 g/mol. The third-order valence-corrected chi connectivity index (χ3v) is 2.93. The highest BCUT2D eigenvalue weighted by molar-refractivity contribution is 5.79. The molecule has 0 N–H and O–H groups in total. The number of aromatic nitrogens is 1. The van der Waals surface area contributed by atoms with E-state index in [0.717, 1.165) is 17.6 Å². The zero-order valence-electron chi connectivity index (χ0n) is 10.5. The van der Waals surface area contributed by atoms with E-state index in [1.807, 2.05) is 0 Å². The van der Waals surface area contributed by atoms with Crippen LogP contribution in [0.2, 0.25) is 0 Å². The Bertz CT molecular complexity index is 506. The Labute approximate surface area is 97.5 Å². The van der Waals surface area contributed by atoms with Crippen molar-refractivity contribution in [2.75, 3.05) is 0 Å². The summed E-state index contributed by atoms with van der Waals surface area (Å²) in [7, 11) is 0. The first-order valence-electron chi connectivity index (χ1n) is 5.91. The molecule has 0 spiro atoms. The van der Waals surface area contributed by atoms with Crippen molar-refractivity contribution in [1.29, 1.82) is 0 Å². The summed E-state index contributed by atoms with van der Waals surface area (Å²) in [4.78, 5) is 4.72. The second kappa shape index (κ2) is 3.89. The minimum Gasteiger partial charge on any atom is -0.252 e. The molecule has 1 heteroatoms. The lowest BCUT2D eigenvalue weighted by molar-refractivity contribution is 0.571. The first-order chi connectivity index (χ1) is 7.50. The van der Waals surface area contributed by atoms with Crippen LogP contribution in [0.3, 0.4) is 0 Å². The van der Waals surface area contributed by atoms with Crippen molar-refractivity contribution in [2.45, 2.75) is 39.5 Å². The summed E-state index contributed by atoms with van der Waals surface area (Å²) >= 11 is 0. The van der Waals surface area contributed by atoms with E-state index in [4.69, 9.17) is 4.98 Å². The normalized spacial score (nSPS) is 12.0. The summed E-state index contributed by atoms with van der Waals surface area (Å²) < 4.78 is 0. The fourth-order valence-electron chi connectivity index (χ4n) is 1.81. The van der Waals surface area contributed by atoms with Gasteiger partial charge < -0.3 is 0 Å². The molecule has 0 atom stereocenters. The van der Waals surface area contributed by atoms with E-state index in [1.165, 1.54) is 10.9 Å². The van der Waals surface area contributed by atoms with E-state index in [2.05, 4.69) is 58.0 Å². The van der Waals surface area contributed by atoms with Crippen LogP contribution in [-0.4, -0.2) is 4.98 Å². The Morgan fingerprint density at radius 2 is 1.81 bits per heavy atom. The van der Waals surface area contributed by atoms with Crippen molar-refractivity contribution in [3.05, 3.63) is 41.6 Å². The molecule has 0 saturated heterocycles. The van der Waals surface area contributed by atoms with E-state index >= 15 is 0 Å². The van der Waals surface area contributed by atoms with Gasteiger partial charge in [0.25, 0.3) is 0 Å². The second-order valence-electron chi connectivity index (χ2n) is 5.33. The van der Waals surface area contributed by atoms with Gasteiger partial charge in [-0.05, 0) is 30.2 Å². The average molecular weight is 213 g/mol. The molecule has 1 aromatic carbocycles. The number of fused-ring (bicyclic) bond motifs is 1. The molecule has 0 saturated carbocycles. The first-order valence-corrected chi connectivity index (χ1v) is 5.91. The Morgan fingerprint density at radius 1 is 1.06 bits per heavy atom. The van der Waals surface area contributed by atoms with E-state index in [1.54, 1.807) is 0 Å². The lowest BCUT2D eigenvalue weighted by atomic mass is 9.91. The quantitative estimate of drug-likeness (QED) is 0.695. The fourth-order valence-corrected chi connectivity index (χ4v) is 1.81. The summed E-state index contributed by atoms with van der Waals surface area (Å²) in [6.07, 6.45) is 1.08. The van der Waals surface area contributed by atoms with Crippen LogP contribution in [0.1, 0.15) is 39.0 Å². The van der Waals surface area contributed by atoms with Gasteiger partial charge in [-0.2, -0.15) is 0 Å². The third-order valence-electron chi connectivity index (χ3n) is 2.93. The molecule has 2 aromatic rings. The third kappa shape index (κ3) is 2.08. The summed E-state index contributed by atoms with van der Waals surface area (Å²) in [5, 5.41) is 1.24. The summed E-state index contributed by atoms with van der Waals surface area (Å²) in [6.45, 7) is 8.77. The summed E-state index contributed by atoms with van der Waals surface area (Å²) in [5.74, 6) is 0. The molecule has 0 bridgehead atoms. The van der Waals surface area contributed by atoms with Crippen LogP contribution in [0.15, 0.2) is 30.3 Å². The zero-order valence-corrected chi connectivity index (χ0v) is 10.5. The molecular weight excluding hydrogens is 194 g/mol. The number of aryl methyl sites for hydroxylation is 1. The molecule has 0 unspecified atom stereocenters. The minimum atomic E-state index is 0.123. The highest BCUT2D eigenvalue weighted by Gasteiger charge is 2.15. The van der Waals surface area contributed by atoms with E-state index in [0.29, 0.717) is 0 Å². The van der Waals surface area contributed by atoms with Crippen molar-refractivity contribution < 1.29 is 0 Å². The van der Waals surface area contributed by atoms with Gasteiger partial charge in [0.2, 0.25) is 0 Å². The second-order valence-corrected chi connectivity index (χ2v) is 5.33. The van der Waals surface area contributed by atoms with Gasteiger partial charge in [-0.25, -0.2) is 0 Å². The topological polar surface area (TPSA) is 12.9 Å². The first kappa shape index (κ1) is 11.1. The van der Waals surface area contributed by atoms with Crippen LogP contribution in [0, 0.1) is 0 Å². The van der Waals surface area contributed by atoms with Crippen LogP contribution in [0.4, 0.5) is 0 Å². The number of rotatable bonds is 1. The van der Waals surface area contributed by atoms with E-state index in [9.17, 15) is 0 Å². The molecule has 1 aromatic heterocycles. The van der Waals surface area contributed by atoms with Crippen LogP contribution in [0.5, 0.6) is 0 Å². The Balaban J connectivity index is 2.56. The van der Waals surface area contributed by atoms with Crippen molar-refractivity contribution in [1.82, 2.24) is 4.98 Å². The Hall–Kier alpha value is -1.37. The Kier molecular flexibility index (Phi) is 2.71. The van der Waals surface area contributed by atoms with Crippen LogP contribution >= 0.6 is 0 Å². The number of pyridine rings is 1. The van der Waals surface area contributed by atoms with Gasteiger partial charge in [-0.15, -0.1) is 0 Å². The van der Waals surface area contributed by atoms with Gasteiger partial charge in [0.05, 0.1) is 5.52 Å². The smallest absolute Gasteiger partial charge is 0.0705 e. The van der Waals surface area contributed by atoms with Gasteiger partial charge in [-0.1, -0.05) is 39.8 Å². The fraction of sp³-hybridized carbons (Fsp3) is 0.400. The van der Waals surface area contributed by atoms with Gasteiger partial charge in [0.1, 0.15) is 0 Å². The number of benzene rings is 1. The van der Waals surface area contributed by atoms with Crippen LogP contribution in [0.25, 0.3) is 10.9 Å². The molecule has 0 aliphatic heterocycles. The molecule has 0 aliphatic rings. The predicted octanol–water partition coefficient (Wildman–Crippen LogP) is 4.09. The molecule has 0 amide bonds. The molecule has 0 fully saturated rings.